The van der Waals surface area contributed by atoms with Crippen molar-refractivity contribution in [2.75, 3.05) is 29.9 Å². The van der Waals surface area contributed by atoms with Crippen molar-refractivity contribution >= 4 is 33.0 Å². The Morgan fingerprint density at radius 2 is 2.13 bits per heavy atom. The lowest BCUT2D eigenvalue weighted by molar-refractivity contribution is 0.325. The molecule has 3 aromatic heterocycles. The van der Waals surface area contributed by atoms with Gasteiger partial charge in [0.25, 0.3) is 0 Å². The minimum Gasteiger partial charge on any atom is -0.368 e. The Labute approximate surface area is 175 Å². The Morgan fingerprint density at radius 3 is 2.93 bits per heavy atom. The van der Waals surface area contributed by atoms with E-state index in [1.165, 1.54) is 0 Å². The quantitative estimate of drug-likeness (QED) is 0.538. The van der Waals surface area contributed by atoms with E-state index in [2.05, 4.69) is 30.2 Å². The Kier molecular flexibility index (Phi) is 5.56. The Bertz CT molecular complexity index is 1140. The van der Waals surface area contributed by atoms with Crippen LogP contribution >= 0.6 is 0 Å². The zero-order valence-electron chi connectivity index (χ0n) is 17.0. The first-order valence-electron chi connectivity index (χ1n) is 9.99. The number of H-pyrrole nitrogens is 1. The lowest BCUT2D eigenvalue weighted by Crippen LogP contribution is -2.46. The van der Waals surface area contributed by atoms with E-state index < -0.39 is 10.0 Å². The van der Waals surface area contributed by atoms with E-state index in [4.69, 9.17) is 5.73 Å². The number of aromatic amines is 1. The van der Waals surface area contributed by atoms with Crippen LogP contribution in [0, 0.1) is 5.92 Å². The summed E-state index contributed by atoms with van der Waals surface area (Å²) in [7, 11) is -3.29. The third-order valence-electron chi connectivity index (χ3n) is 5.01. The minimum atomic E-state index is -3.29. The molecule has 1 fully saturated rings. The summed E-state index contributed by atoms with van der Waals surface area (Å²) in [6, 6.07) is 1.76. The van der Waals surface area contributed by atoms with Gasteiger partial charge in [-0.3, -0.25) is 0 Å². The molecule has 1 atom stereocenters. The van der Waals surface area contributed by atoms with Gasteiger partial charge < -0.3 is 16.0 Å². The number of nitrogens with two attached hydrogens (primary N) is 1. The molecule has 4 rings (SSSR count). The van der Waals surface area contributed by atoms with Gasteiger partial charge in [-0.25, -0.2) is 23.4 Å². The Balaban J connectivity index is 1.59. The summed E-state index contributed by atoms with van der Waals surface area (Å²) in [6.07, 6.45) is 6.66. The van der Waals surface area contributed by atoms with Gasteiger partial charge in [-0.05, 0) is 24.8 Å². The first-order chi connectivity index (χ1) is 14.3. The first-order valence-corrected chi connectivity index (χ1v) is 11.6. The fraction of sp³-hybridized carbons (Fsp3) is 0.474. The molecule has 4 heterocycles. The largest absolute Gasteiger partial charge is 0.368 e. The number of hydrogen-bond donors (Lipinski definition) is 3. The lowest BCUT2D eigenvalue weighted by atomic mass is 10.1. The molecule has 0 aliphatic carbocycles. The maximum Gasteiger partial charge on any atom is 0.221 e. The predicted molar refractivity (Wildman–Crippen MR) is 116 cm³/mol. The molecule has 1 aliphatic rings. The molecule has 1 saturated heterocycles. The van der Waals surface area contributed by atoms with E-state index >= 15 is 0 Å². The van der Waals surface area contributed by atoms with Gasteiger partial charge in [0.05, 0.1) is 23.2 Å². The second kappa shape index (κ2) is 8.15. The first kappa shape index (κ1) is 20.5. The number of sulfonamides is 1. The van der Waals surface area contributed by atoms with Gasteiger partial charge in [0.15, 0.2) is 5.65 Å². The molecule has 11 heteroatoms. The average molecular weight is 431 g/mol. The van der Waals surface area contributed by atoms with Crippen molar-refractivity contribution in [3.63, 3.8) is 0 Å². The highest BCUT2D eigenvalue weighted by Gasteiger charge is 2.30. The predicted octanol–water partition coefficient (Wildman–Crippen LogP) is 1.86. The van der Waals surface area contributed by atoms with Crippen LogP contribution in [0.4, 0.5) is 11.8 Å². The lowest BCUT2D eigenvalue weighted by Gasteiger charge is -2.33. The Morgan fingerprint density at radius 1 is 1.30 bits per heavy atom. The molecule has 160 valence electrons. The maximum absolute atomic E-state index is 12.7. The van der Waals surface area contributed by atoms with Gasteiger partial charge in [0.1, 0.15) is 11.3 Å². The van der Waals surface area contributed by atoms with Crippen LogP contribution in [0.3, 0.4) is 0 Å². The number of hydrogen-bond acceptors (Lipinski definition) is 8. The molecule has 0 radical (unpaired) electrons. The number of rotatable bonds is 6. The fourth-order valence-corrected chi connectivity index (χ4v) is 5.55. The summed E-state index contributed by atoms with van der Waals surface area (Å²) in [4.78, 5) is 20.5. The average Bonchev–Trinajstić information content (AvgIpc) is 3.15. The SMILES string of the molecule is CC(C)CS(=O)(=O)N1CCC[C@H](Nc2nc(N)ncc2-c2cnc3[nH]ccc3n2)C1. The highest BCUT2D eigenvalue weighted by atomic mass is 32.2. The molecule has 30 heavy (non-hydrogen) atoms. The molecular formula is C19H26N8O2S. The van der Waals surface area contributed by atoms with Gasteiger partial charge in [-0.1, -0.05) is 13.8 Å². The minimum absolute atomic E-state index is 0.0820. The number of piperidine rings is 1. The van der Waals surface area contributed by atoms with Crippen LogP contribution in [0.25, 0.3) is 22.4 Å². The van der Waals surface area contributed by atoms with Crippen molar-refractivity contribution in [3.05, 3.63) is 24.7 Å². The summed E-state index contributed by atoms with van der Waals surface area (Å²) in [5.41, 5.74) is 8.54. The number of nitrogen functional groups attached to an aromatic ring is 1. The second-order valence-corrected chi connectivity index (χ2v) is 9.98. The Hall–Kier alpha value is -2.79. The van der Waals surface area contributed by atoms with E-state index in [-0.39, 0.29) is 23.7 Å². The molecule has 1 aliphatic heterocycles. The zero-order chi connectivity index (χ0) is 21.3. The highest BCUT2D eigenvalue weighted by Crippen LogP contribution is 2.27. The number of nitrogens with zero attached hydrogens (tertiary/aromatic N) is 5. The summed E-state index contributed by atoms with van der Waals surface area (Å²) >= 11 is 0. The zero-order valence-corrected chi connectivity index (χ0v) is 17.9. The molecule has 0 aromatic carbocycles. The van der Waals surface area contributed by atoms with E-state index in [1.807, 2.05) is 19.9 Å². The molecule has 10 nitrogen and oxygen atoms in total. The fourth-order valence-electron chi connectivity index (χ4n) is 3.69. The smallest absolute Gasteiger partial charge is 0.221 e. The van der Waals surface area contributed by atoms with Crippen LogP contribution in [0.5, 0.6) is 0 Å². The molecule has 0 bridgehead atoms. The van der Waals surface area contributed by atoms with Gasteiger partial charge in [-0.2, -0.15) is 9.29 Å². The van der Waals surface area contributed by atoms with Crippen LogP contribution < -0.4 is 11.1 Å². The topological polar surface area (TPSA) is 143 Å². The molecule has 3 aromatic rings. The molecular weight excluding hydrogens is 404 g/mol. The standard InChI is InChI=1S/C19H26N8O2S/c1-12(2)11-30(28,29)27-7-3-4-13(10-27)24-17-14(8-23-19(20)26-17)16-9-22-18-15(25-16)5-6-21-18/h5-6,8-9,12-13H,3-4,7,10-11H2,1-2H3,(H,21,22)(H3,20,23,24,26)/t13-/m0/s1. The highest BCUT2D eigenvalue weighted by molar-refractivity contribution is 7.89. The normalized spacial score (nSPS) is 18.2. The molecule has 0 spiro atoms. The van der Waals surface area contributed by atoms with Gasteiger partial charge in [0, 0.05) is 31.5 Å². The van der Waals surface area contributed by atoms with Crippen LogP contribution in [0.2, 0.25) is 0 Å². The number of aromatic nitrogens is 5. The van der Waals surface area contributed by atoms with Crippen molar-refractivity contribution in [1.29, 1.82) is 0 Å². The van der Waals surface area contributed by atoms with Crippen molar-refractivity contribution in [1.82, 2.24) is 29.2 Å². The molecule has 0 unspecified atom stereocenters. The van der Waals surface area contributed by atoms with Crippen LogP contribution in [-0.4, -0.2) is 62.5 Å². The molecule has 0 saturated carbocycles. The number of anilines is 2. The van der Waals surface area contributed by atoms with E-state index in [0.29, 0.717) is 35.8 Å². The summed E-state index contributed by atoms with van der Waals surface area (Å²) in [6.45, 7) is 4.76. The summed E-state index contributed by atoms with van der Waals surface area (Å²) in [5, 5.41) is 3.37. The van der Waals surface area contributed by atoms with Gasteiger partial charge in [0.2, 0.25) is 16.0 Å². The third kappa shape index (κ3) is 4.36. The summed E-state index contributed by atoms with van der Waals surface area (Å²) in [5.74, 6) is 0.896. The second-order valence-electron chi connectivity index (χ2n) is 7.97. The molecule has 4 N–H and O–H groups in total. The van der Waals surface area contributed by atoms with Gasteiger partial charge >= 0.3 is 0 Å². The van der Waals surface area contributed by atoms with E-state index in [9.17, 15) is 8.42 Å². The van der Waals surface area contributed by atoms with Crippen molar-refractivity contribution in [2.45, 2.75) is 32.7 Å². The van der Waals surface area contributed by atoms with Crippen molar-refractivity contribution < 1.29 is 8.42 Å². The van der Waals surface area contributed by atoms with Crippen LogP contribution in [0.15, 0.2) is 24.7 Å². The number of nitrogens with one attached hydrogen (secondary N) is 2. The molecule has 0 amide bonds. The van der Waals surface area contributed by atoms with Crippen LogP contribution in [0.1, 0.15) is 26.7 Å². The van der Waals surface area contributed by atoms with E-state index in [1.54, 1.807) is 22.9 Å². The summed E-state index contributed by atoms with van der Waals surface area (Å²) < 4.78 is 26.9. The van der Waals surface area contributed by atoms with Crippen LogP contribution in [-0.2, 0) is 10.0 Å². The van der Waals surface area contributed by atoms with Gasteiger partial charge in [-0.15, -0.1) is 0 Å². The third-order valence-corrected chi connectivity index (χ3v) is 7.21. The number of fused-ring (bicyclic) bond motifs is 1. The van der Waals surface area contributed by atoms with Crippen molar-refractivity contribution in [3.8, 4) is 11.3 Å². The van der Waals surface area contributed by atoms with Crippen molar-refractivity contribution in [2.24, 2.45) is 5.92 Å². The monoisotopic (exact) mass is 430 g/mol. The van der Waals surface area contributed by atoms with E-state index in [0.717, 1.165) is 18.4 Å². The maximum atomic E-state index is 12.7.